The Labute approximate surface area is 154 Å². The van der Waals surface area contributed by atoms with Crippen LogP contribution in [0.2, 0.25) is 0 Å². The van der Waals surface area contributed by atoms with Crippen LogP contribution in [-0.4, -0.2) is 41.1 Å². The van der Waals surface area contributed by atoms with Crippen molar-refractivity contribution < 1.29 is 9.53 Å². The maximum Gasteiger partial charge on any atom is 0.406 e. The fourth-order valence-electron chi connectivity index (χ4n) is 2.80. The fraction of sp³-hybridized carbons (Fsp3) is 0.526. The smallest absolute Gasteiger partial charge is 0.406 e. The van der Waals surface area contributed by atoms with Gasteiger partial charge in [0.1, 0.15) is 0 Å². The van der Waals surface area contributed by atoms with E-state index < -0.39 is 6.09 Å². The molecule has 140 valence electrons. The summed E-state index contributed by atoms with van der Waals surface area (Å²) in [5.74, 6) is 0.833. The van der Waals surface area contributed by atoms with Gasteiger partial charge in [0.05, 0.1) is 24.2 Å². The standard InChI is InChI=1S/C19H27N5O2/c1-14(22-13-15-7-8-15)17-12-18(16-6-3-4-9-20-16)24(23-17)11-5-10-21-19(25)26-2/h3-4,6,9,12,14-15,22H,5,7-8,10-11,13H2,1-2H3,(H,21,25)/t14-/m1/s1. The monoisotopic (exact) mass is 357 g/mol. The molecule has 2 aromatic heterocycles. The van der Waals surface area contributed by atoms with Crippen molar-refractivity contribution in [1.82, 2.24) is 25.4 Å². The fourth-order valence-corrected chi connectivity index (χ4v) is 2.80. The zero-order valence-corrected chi connectivity index (χ0v) is 15.4. The summed E-state index contributed by atoms with van der Waals surface area (Å²) in [6.45, 7) is 4.44. The van der Waals surface area contributed by atoms with Gasteiger partial charge in [0, 0.05) is 25.3 Å². The molecule has 1 aliphatic rings. The number of hydrogen-bond donors (Lipinski definition) is 2. The molecule has 0 radical (unpaired) electrons. The number of alkyl carbamates (subject to hydrolysis) is 1. The number of aryl methyl sites for hydroxylation is 1. The number of carbonyl (C=O) groups is 1. The van der Waals surface area contributed by atoms with Crippen molar-refractivity contribution in [3.05, 3.63) is 36.2 Å². The summed E-state index contributed by atoms with van der Waals surface area (Å²) < 4.78 is 6.57. The van der Waals surface area contributed by atoms with E-state index in [1.165, 1.54) is 20.0 Å². The summed E-state index contributed by atoms with van der Waals surface area (Å²) >= 11 is 0. The van der Waals surface area contributed by atoms with E-state index in [0.29, 0.717) is 13.1 Å². The maximum absolute atomic E-state index is 11.2. The Balaban J connectivity index is 1.68. The highest BCUT2D eigenvalue weighted by atomic mass is 16.5. The van der Waals surface area contributed by atoms with Gasteiger partial charge in [-0.2, -0.15) is 5.10 Å². The Morgan fingerprint density at radius 1 is 1.42 bits per heavy atom. The van der Waals surface area contributed by atoms with Crippen molar-refractivity contribution >= 4 is 6.09 Å². The highest BCUT2D eigenvalue weighted by Gasteiger charge is 2.22. The van der Waals surface area contributed by atoms with Crippen molar-refractivity contribution in [2.75, 3.05) is 20.2 Å². The number of aromatic nitrogens is 3. The molecule has 2 heterocycles. The van der Waals surface area contributed by atoms with Crippen LogP contribution in [0, 0.1) is 5.92 Å². The number of ether oxygens (including phenoxy) is 1. The molecule has 0 spiro atoms. The number of rotatable bonds is 9. The third kappa shape index (κ3) is 5.05. The van der Waals surface area contributed by atoms with Gasteiger partial charge in [0.25, 0.3) is 0 Å². The first-order valence-electron chi connectivity index (χ1n) is 9.21. The Morgan fingerprint density at radius 2 is 2.27 bits per heavy atom. The van der Waals surface area contributed by atoms with Crippen molar-refractivity contribution in [3.8, 4) is 11.4 Å². The first-order chi connectivity index (χ1) is 12.7. The zero-order chi connectivity index (χ0) is 18.4. The average Bonchev–Trinajstić information content (AvgIpc) is 3.41. The van der Waals surface area contributed by atoms with E-state index in [0.717, 1.165) is 36.0 Å². The van der Waals surface area contributed by atoms with E-state index in [1.807, 2.05) is 22.9 Å². The number of hydrogen-bond acceptors (Lipinski definition) is 5. The number of pyridine rings is 1. The second-order valence-electron chi connectivity index (χ2n) is 6.74. The topological polar surface area (TPSA) is 81.1 Å². The molecule has 0 unspecified atom stereocenters. The molecule has 0 bridgehead atoms. The number of nitrogens with one attached hydrogen (secondary N) is 2. The molecule has 1 fully saturated rings. The molecular formula is C19H27N5O2. The Hall–Kier alpha value is -2.41. The quantitative estimate of drug-likeness (QED) is 0.675. The minimum Gasteiger partial charge on any atom is -0.453 e. The predicted octanol–water partition coefficient (Wildman–Crippen LogP) is 2.75. The highest BCUT2D eigenvalue weighted by molar-refractivity contribution is 5.66. The van der Waals surface area contributed by atoms with Gasteiger partial charge in [-0.15, -0.1) is 0 Å². The van der Waals surface area contributed by atoms with Crippen LogP contribution >= 0.6 is 0 Å². The molecule has 26 heavy (non-hydrogen) atoms. The summed E-state index contributed by atoms with van der Waals surface area (Å²) in [6, 6.07) is 8.19. The van der Waals surface area contributed by atoms with Gasteiger partial charge in [0.15, 0.2) is 0 Å². The zero-order valence-electron chi connectivity index (χ0n) is 15.4. The molecule has 2 N–H and O–H groups in total. The molecule has 7 nitrogen and oxygen atoms in total. The SMILES string of the molecule is COC(=O)NCCCn1nc([C@@H](C)NCC2CC2)cc1-c1ccccn1. The summed E-state index contributed by atoms with van der Waals surface area (Å²) in [5.41, 5.74) is 2.92. The lowest BCUT2D eigenvalue weighted by atomic mass is 10.2. The third-order valence-corrected chi connectivity index (χ3v) is 4.58. The first kappa shape index (κ1) is 18.4. The second-order valence-corrected chi connectivity index (χ2v) is 6.74. The summed E-state index contributed by atoms with van der Waals surface area (Å²) in [7, 11) is 1.37. The van der Waals surface area contributed by atoms with Crippen molar-refractivity contribution in [1.29, 1.82) is 0 Å². The van der Waals surface area contributed by atoms with Gasteiger partial charge >= 0.3 is 6.09 Å². The Bertz CT molecular complexity index is 712. The molecule has 0 aliphatic heterocycles. The molecule has 1 atom stereocenters. The number of carbonyl (C=O) groups excluding carboxylic acids is 1. The number of methoxy groups -OCH3 is 1. The molecule has 3 rings (SSSR count). The van der Waals surface area contributed by atoms with Crippen LogP contribution in [-0.2, 0) is 11.3 Å². The van der Waals surface area contributed by atoms with Gasteiger partial charge in [0.2, 0.25) is 0 Å². The van der Waals surface area contributed by atoms with E-state index in [9.17, 15) is 4.79 Å². The van der Waals surface area contributed by atoms with Crippen LogP contribution in [0.4, 0.5) is 4.79 Å². The van der Waals surface area contributed by atoms with E-state index >= 15 is 0 Å². The number of nitrogens with zero attached hydrogens (tertiary/aromatic N) is 3. The third-order valence-electron chi connectivity index (χ3n) is 4.58. The van der Waals surface area contributed by atoms with Crippen molar-refractivity contribution in [2.45, 2.75) is 38.8 Å². The van der Waals surface area contributed by atoms with Crippen LogP contribution < -0.4 is 10.6 Å². The predicted molar refractivity (Wildman–Crippen MR) is 99.6 cm³/mol. The van der Waals surface area contributed by atoms with Crippen molar-refractivity contribution in [2.24, 2.45) is 5.92 Å². The van der Waals surface area contributed by atoms with Crippen LogP contribution in [0.5, 0.6) is 0 Å². The molecule has 1 aliphatic carbocycles. The minimum atomic E-state index is -0.408. The Kier molecular flexibility index (Phi) is 6.22. The first-order valence-corrected chi connectivity index (χ1v) is 9.21. The van der Waals surface area contributed by atoms with Crippen LogP contribution in [0.15, 0.2) is 30.5 Å². The number of amides is 1. The lowest BCUT2D eigenvalue weighted by Gasteiger charge is -2.10. The Morgan fingerprint density at radius 3 is 2.96 bits per heavy atom. The highest BCUT2D eigenvalue weighted by Crippen LogP contribution is 2.29. The largest absolute Gasteiger partial charge is 0.453 e. The van der Waals surface area contributed by atoms with Gasteiger partial charge in [-0.3, -0.25) is 9.67 Å². The maximum atomic E-state index is 11.2. The summed E-state index contributed by atoms with van der Waals surface area (Å²) in [4.78, 5) is 15.6. The van der Waals surface area contributed by atoms with Crippen LogP contribution in [0.25, 0.3) is 11.4 Å². The van der Waals surface area contributed by atoms with Gasteiger partial charge in [-0.25, -0.2) is 4.79 Å². The van der Waals surface area contributed by atoms with Crippen LogP contribution in [0.3, 0.4) is 0 Å². The molecular weight excluding hydrogens is 330 g/mol. The average molecular weight is 357 g/mol. The molecule has 0 aromatic carbocycles. The molecule has 1 saturated carbocycles. The second kappa shape index (κ2) is 8.80. The summed E-state index contributed by atoms with van der Waals surface area (Å²) in [5, 5.41) is 11.1. The van der Waals surface area contributed by atoms with Gasteiger partial charge in [-0.1, -0.05) is 6.07 Å². The minimum absolute atomic E-state index is 0.201. The summed E-state index contributed by atoms with van der Waals surface area (Å²) in [6.07, 6.45) is 4.81. The molecule has 0 saturated heterocycles. The molecule has 7 heteroatoms. The van der Waals surface area contributed by atoms with Crippen LogP contribution in [0.1, 0.15) is 37.9 Å². The molecule has 1 amide bonds. The van der Waals surface area contributed by atoms with Gasteiger partial charge in [-0.05, 0) is 56.8 Å². The van der Waals surface area contributed by atoms with Gasteiger partial charge < -0.3 is 15.4 Å². The molecule has 2 aromatic rings. The van der Waals surface area contributed by atoms with E-state index in [1.54, 1.807) is 6.20 Å². The normalized spacial score (nSPS) is 14.8. The van der Waals surface area contributed by atoms with E-state index in [4.69, 9.17) is 5.10 Å². The lowest BCUT2D eigenvalue weighted by Crippen LogP contribution is -2.25. The van der Waals surface area contributed by atoms with E-state index in [-0.39, 0.29) is 6.04 Å². The van der Waals surface area contributed by atoms with E-state index in [2.05, 4.69) is 33.3 Å². The van der Waals surface area contributed by atoms with Crippen molar-refractivity contribution in [3.63, 3.8) is 0 Å². The lowest BCUT2D eigenvalue weighted by molar-refractivity contribution is 0.170.